The number of likely N-dealkylation sites (N-methyl/N-ethyl adjacent to an activating group) is 1. The van der Waals surface area contributed by atoms with Crippen LogP contribution in [-0.4, -0.2) is 60.7 Å². The van der Waals surface area contributed by atoms with Gasteiger partial charge in [-0.25, -0.2) is 0 Å². The smallest absolute Gasteiger partial charge is 0.102 e. The Morgan fingerprint density at radius 1 is 0.725 bits per heavy atom. The molecule has 224 valence electrons. The number of rotatable bonds is 21. The summed E-state index contributed by atoms with van der Waals surface area (Å²) in [7, 11) is 2.21. The van der Waals surface area contributed by atoms with Gasteiger partial charge in [-0.05, 0) is 37.6 Å². The first-order valence-corrected chi connectivity index (χ1v) is 15.9. The van der Waals surface area contributed by atoms with Gasteiger partial charge in [-0.3, -0.25) is 4.90 Å². The van der Waals surface area contributed by atoms with E-state index in [2.05, 4.69) is 74.3 Å². The van der Waals surface area contributed by atoms with E-state index in [-0.39, 0.29) is 24.4 Å². The van der Waals surface area contributed by atoms with Crippen LogP contribution >= 0.6 is 0 Å². The van der Waals surface area contributed by atoms with Crippen molar-refractivity contribution in [3.63, 3.8) is 0 Å². The molecule has 40 heavy (non-hydrogen) atoms. The first-order chi connectivity index (χ1) is 19.6. The number of ether oxygens (including phenoxy) is 3. The number of hydrogen-bond acceptors (Lipinski definition) is 5. The summed E-state index contributed by atoms with van der Waals surface area (Å²) in [5, 5.41) is 10.8. The molecule has 5 nitrogen and oxygen atoms in total. The molecule has 5 heteroatoms. The molecule has 0 radical (unpaired) electrons. The Balaban J connectivity index is 1.71. The molecule has 2 aromatic rings. The molecule has 0 spiro atoms. The molecule has 1 saturated carbocycles. The van der Waals surface area contributed by atoms with Gasteiger partial charge in [-0.1, -0.05) is 126 Å². The Kier molecular flexibility index (Phi) is 15.9. The maximum Gasteiger partial charge on any atom is 0.102 e. The van der Waals surface area contributed by atoms with E-state index in [4.69, 9.17) is 14.2 Å². The zero-order valence-electron chi connectivity index (χ0n) is 25.4. The average Bonchev–Trinajstić information content (AvgIpc) is 3.34. The van der Waals surface area contributed by atoms with Gasteiger partial charge in [-0.2, -0.15) is 0 Å². The van der Waals surface area contributed by atoms with Gasteiger partial charge < -0.3 is 19.3 Å². The summed E-state index contributed by atoms with van der Waals surface area (Å²) in [6, 6.07) is 20.8. The lowest BCUT2D eigenvalue weighted by Crippen LogP contribution is -2.49. The van der Waals surface area contributed by atoms with Gasteiger partial charge in [0.05, 0.1) is 44.2 Å². The maximum atomic E-state index is 10.8. The third-order valence-corrected chi connectivity index (χ3v) is 8.16. The fourth-order valence-electron chi connectivity index (χ4n) is 5.79. The van der Waals surface area contributed by atoms with Gasteiger partial charge in [-0.15, -0.1) is 0 Å². The summed E-state index contributed by atoms with van der Waals surface area (Å²) >= 11 is 0. The maximum absolute atomic E-state index is 10.8. The van der Waals surface area contributed by atoms with Crippen LogP contribution in [0.25, 0.3) is 0 Å². The first-order valence-electron chi connectivity index (χ1n) is 15.9. The third kappa shape index (κ3) is 11.6. The molecule has 1 aliphatic rings. The van der Waals surface area contributed by atoms with Crippen molar-refractivity contribution in [3.05, 3.63) is 71.8 Å². The molecular weight excluding hydrogens is 498 g/mol. The molecule has 5 unspecified atom stereocenters. The second-order valence-electron chi connectivity index (χ2n) is 11.6. The Morgan fingerprint density at radius 2 is 1.27 bits per heavy atom. The number of hydrogen-bond donors (Lipinski definition) is 1. The van der Waals surface area contributed by atoms with Gasteiger partial charge >= 0.3 is 0 Å². The van der Waals surface area contributed by atoms with Crippen molar-refractivity contribution in [1.29, 1.82) is 0 Å². The van der Waals surface area contributed by atoms with Gasteiger partial charge in [0.2, 0.25) is 0 Å². The summed E-state index contributed by atoms with van der Waals surface area (Å²) in [5.74, 6) is 0. The van der Waals surface area contributed by atoms with E-state index in [1.54, 1.807) is 0 Å². The molecule has 2 aromatic carbocycles. The van der Waals surface area contributed by atoms with Crippen LogP contribution in [0.3, 0.4) is 0 Å². The van der Waals surface area contributed by atoms with Crippen LogP contribution in [0.5, 0.6) is 0 Å². The van der Waals surface area contributed by atoms with Gasteiger partial charge in [0, 0.05) is 6.42 Å². The van der Waals surface area contributed by atoms with Gasteiger partial charge in [0.1, 0.15) is 6.10 Å². The minimum atomic E-state index is -0.448. The summed E-state index contributed by atoms with van der Waals surface area (Å²) < 4.78 is 19.8. The lowest BCUT2D eigenvalue weighted by molar-refractivity contribution is -0.107. The zero-order valence-corrected chi connectivity index (χ0v) is 25.4. The van der Waals surface area contributed by atoms with Crippen LogP contribution in [0, 0.1) is 0 Å². The fraction of sp³-hybridized carbons (Fsp3) is 0.657. The quantitative estimate of drug-likeness (QED) is 0.162. The van der Waals surface area contributed by atoms with Crippen LogP contribution in [-0.2, 0) is 27.4 Å². The van der Waals surface area contributed by atoms with Crippen LogP contribution in [0.15, 0.2) is 60.7 Å². The monoisotopic (exact) mass is 553 g/mol. The number of unbranched alkanes of at least 4 members (excludes halogenated alkanes) is 7. The van der Waals surface area contributed by atoms with Crippen molar-refractivity contribution >= 4 is 0 Å². The highest BCUT2D eigenvalue weighted by atomic mass is 16.6. The Labute approximate surface area is 244 Å². The predicted octanol–water partition coefficient (Wildman–Crippen LogP) is 7.55. The largest absolute Gasteiger partial charge is 0.391 e. The normalized spacial score (nSPS) is 21.7. The van der Waals surface area contributed by atoms with Crippen LogP contribution in [0.1, 0.15) is 95.6 Å². The Bertz CT molecular complexity index is 879. The molecule has 0 heterocycles. The Hall–Kier alpha value is -1.76. The summed E-state index contributed by atoms with van der Waals surface area (Å²) in [5.41, 5.74) is 2.34. The molecule has 0 bridgehead atoms. The lowest BCUT2D eigenvalue weighted by Gasteiger charge is -2.35. The van der Waals surface area contributed by atoms with E-state index >= 15 is 0 Å². The van der Waals surface area contributed by atoms with Crippen molar-refractivity contribution < 1.29 is 19.3 Å². The van der Waals surface area contributed by atoms with Crippen molar-refractivity contribution in [2.75, 3.05) is 20.2 Å². The minimum Gasteiger partial charge on any atom is -0.391 e. The topological polar surface area (TPSA) is 51.2 Å². The van der Waals surface area contributed by atoms with Crippen molar-refractivity contribution in [2.45, 2.75) is 128 Å². The molecule has 0 saturated heterocycles. The van der Waals surface area contributed by atoms with Crippen molar-refractivity contribution in [3.8, 4) is 0 Å². The summed E-state index contributed by atoms with van der Waals surface area (Å²) in [6.45, 7) is 6.94. The number of nitrogens with zero attached hydrogens (tertiary/aromatic N) is 1. The SMILES string of the molecule is CCCCCCCN(C)C1C(OCc2ccccc2)CC(OCc2ccccc2)C1OCC(O)CCCCCC. The number of aliphatic hydroxyl groups excluding tert-OH is 1. The van der Waals surface area contributed by atoms with Crippen LogP contribution in [0.4, 0.5) is 0 Å². The molecule has 5 atom stereocenters. The van der Waals surface area contributed by atoms with E-state index < -0.39 is 6.10 Å². The summed E-state index contributed by atoms with van der Waals surface area (Å²) in [6.07, 6.45) is 11.7. The Morgan fingerprint density at radius 3 is 1.88 bits per heavy atom. The zero-order chi connectivity index (χ0) is 28.4. The molecule has 0 aromatic heterocycles. The van der Waals surface area contributed by atoms with Crippen LogP contribution < -0.4 is 0 Å². The van der Waals surface area contributed by atoms with Gasteiger partial charge in [0.25, 0.3) is 0 Å². The van der Waals surface area contributed by atoms with E-state index in [9.17, 15) is 5.11 Å². The summed E-state index contributed by atoms with van der Waals surface area (Å²) in [4.78, 5) is 2.44. The molecule has 1 aliphatic carbocycles. The lowest BCUT2D eigenvalue weighted by atomic mass is 10.1. The minimum absolute atomic E-state index is 0.00619. The molecule has 1 N–H and O–H groups in total. The molecule has 0 aliphatic heterocycles. The second kappa shape index (κ2) is 19.4. The van der Waals surface area contributed by atoms with E-state index in [0.29, 0.717) is 19.8 Å². The predicted molar refractivity (Wildman–Crippen MR) is 164 cm³/mol. The average molecular weight is 554 g/mol. The van der Waals surface area contributed by atoms with Gasteiger partial charge in [0.15, 0.2) is 0 Å². The number of benzene rings is 2. The highest BCUT2D eigenvalue weighted by Crippen LogP contribution is 2.33. The van der Waals surface area contributed by atoms with Crippen molar-refractivity contribution in [2.24, 2.45) is 0 Å². The molecule has 3 rings (SSSR count). The first kappa shape index (κ1) is 32.8. The highest BCUT2D eigenvalue weighted by Gasteiger charge is 2.47. The van der Waals surface area contributed by atoms with E-state index in [1.807, 2.05) is 12.1 Å². The van der Waals surface area contributed by atoms with Crippen LogP contribution in [0.2, 0.25) is 0 Å². The standard InChI is InChI=1S/C35H55NO4/c1-4-6-8-10-18-24-36(3)34-32(38-26-29-19-13-11-14-20-29)25-33(39-27-30-21-15-12-16-22-30)35(34)40-28-31(37)23-17-9-7-5-2/h11-16,19-22,31-35,37H,4-10,17-18,23-28H2,1-3H3. The fourth-order valence-corrected chi connectivity index (χ4v) is 5.79. The van der Waals surface area contributed by atoms with Crippen molar-refractivity contribution in [1.82, 2.24) is 4.90 Å². The highest BCUT2D eigenvalue weighted by molar-refractivity contribution is 5.15. The number of aliphatic hydroxyl groups is 1. The molecule has 0 amide bonds. The molecule has 1 fully saturated rings. The van der Waals surface area contributed by atoms with E-state index in [1.165, 1.54) is 56.9 Å². The van der Waals surface area contributed by atoms with E-state index in [0.717, 1.165) is 31.4 Å². The molecular formula is C35H55NO4. The third-order valence-electron chi connectivity index (χ3n) is 8.16. The second-order valence-corrected chi connectivity index (χ2v) is 11.6.